The number of rotatable bonds is 8. The van der Waals surface area contributed by atoms with E-state index < -0.39 is 0 Å². The van der Waals surface area contributed by atoms with Crippen LogP contribution < -0.4 is 16.0 Å². The highest BCUT2D eigenvalue weighted by molar-refractivity contribution is 7.17. The Hall–Kier alpha value is -1.89. The van der Waals surface area contributed by atoms with Crippen LogP contribution >= 0.6 is 11.3 Å². The molecule has 4 rings (SSSR count). The van der Waals surface area contributed by atoms with E-state index in [4.69, 9.17) is 0 Å². The minimum atomic E-state index is -0.0870. The Morgan fingerprint density at radius 1 is 1.14 bits per heavy atom. The van der Waals surface area contributed by atoms with Crippen LogP contribution in [0.3, 0.4) is 0 Å². The van der Waals surface area contributed by atoms with Crippen LogP contribution in [0.5, 0.6) is 0 Å². The van der Waals surface area contributed by atoms with E-state index in [0.29, 0.717) is 35.9 Å². The normalized spacial score (nSPS) is 21.0. The number of nitrogens with one attached hydrogen (secondary N) is 3. The predicted octanol–water partition coefficient (Wildman–Crippen LogP) is 3.26. The fourth-order valence-corrected chi connectivity index (χ4v) is 5.01. The number of carbonyl (C=O) groups excluding carboxylic acids is 3. The molecule has 0 aromatic carbocycles. The van der Waals surface area contributed by atoms with Gasteiger partial charge in [0.1, 0.15) is 5.00 Å². The zero-order valence-corrected chi connectivity index (χ0v) is 17.3. The van der Waals surface area contributed by atoms with Gasteiger partial charge in [0.05, 0.1) is 5.56 Å². The maximum atomic E-state index is 13.0. The van der Waals surface area contributed by atoms with Gasteiger partial charge in [0.25, 0.3) is 5.91 Å². The van der Waals surface area contributed by atoms with Crippen LogP contribution in [0.4, 0.5) is 5.00 Å². The lowest BCUT2D eigenvalue weighted by atomic mass is 9.91. The molecule has 0 bridgehead atoms. The van der Waals surface area contributed by atoms with Crippen molar-refractivity contribution in [2.45, 2.75) is 70.8 Å². The maximum absolute atomic E-state index is 13.0. The summed E-state index contributed by atoms with van der Waals surface area (Å²) in [7, 11) is 0. The quantitative estimate of drug-likeness (QED) is 0.620. The van der Waals surface area contributed by atoms with Crippen molar-refractivity contribution in [3.8, 4) is 0 Å². The number of amides is 3. The minimum Gasteiger partial charge on any atom is -0.353 e. The van der Waals surface area contributed by atoms with Crippen molar-refractivity contribution in [3.05, 3.63) is 16.0 Å². The highest BCUT2D eigenvalue weighted by Gasteiger charge is 2.34. The molecular formula is C21H31N3O3S. The molecule has 7 heteroatoms. The molecule has 0 spiro atoms. The summed E-state index contributed by atoms with van der Waals surface area (Å²) in [4.78, 5) is 38.5. The van der Waals surface area contributed by atoms with E-state index in [9.17, 15) is 14.4 Å². The third-order valence-corrected chi connectivity index (χ3v) is 6.97. The Morgan fingerprint density at radius 3 is 2.61 bits per heavy atom. The molecule has 1 aromatic rings. The summed E-state index contributed by atoms with van der Waals surface area (Å²) in [5.74, 6) is 0.721. The van der Waals surface area contributed by atoms with E-state index in [1.807, 2.05) is 6.92 Å². The van der Waals surface area contributed by atoms with Gasteiger partial charge in [-0.05, 0) is 62.8 Å². The molecule has 3 aliphatic carbocycles. The smallest absolute Gasteiger partial charge is 0.254 e. The molecule has 1 heterocycles. The molecule has 0 radical (unpaired) electrons. The van der Waals surface area contributed by atoms with Gasteiger partial charge >= 0.3 is 0 Å². The summed E-state index contributed by atoms with van der Waals surface area (Å²) in [5, 5.41) is 9.88. The van der Waals surface area contributed by atoms with E-state index in [0.717, 1.165) is 37.7 Å². The monoisotopic (exact) mass is 405 g/mol. The van der Waals surface area contributed by atoms with Gasteiger partial charge in [0, 0.05) is 31.2 Å². The topological polar surface area (TPSA) is 87.3 Å². The molecule has 0 saturated heterocycles. The summed E-state index contributed by atoms with van der Waals surface area (Å²) < 4.78 is 0. The standard InChI is InChI=1S/C21H29N3O3S.H2/c1-2-3-17(25)23-14-8-9-16-15(10-14)18(20(27)22-11-12-4-5-12)21(28-16)24-19(26)13-6-7-13;/h12-14H,2-11H2,1H3,(H,22,27)(H,23,25)(H,24,26);1H. The Balaban J connectivity index is 0.00000240. The second-order valence-electron chi connectivity index (χ2n) is 8.38. The minimum absolute atomic E-state index is 0. The van der Waals surface area contributed by atoms with Gasteiger partial charge in [-0.25, -0.2) is 0 Å². The van der Waals surface area contributed by atoms with Gasteiger partial charge in [0.15, 0.2) is 0 Å². The van der Waals surface area contributed by atoms with Crippen LogP contribution in [0.2, 0.25) is 0 Å². The van der Waals surface area contributed by atoms with Gasteiger partial charge in [0.2, 0.25) is 11.8 Å². The van der Waals surface area contributed by atoms with Crippen molar-refractivity contribution in [2.75, 3.05) is 11.9 Å². The number of hydrogen-bond acceptors (Lipinski definition) is 4. The van der Waals surface area contributed by atoms with Gasteiger partial charge in [-0.3, -0.25) is 14.4 Å². The molecule has 2 saturated carbocycles. The number of carbonyl (C=O) groups is 3. The zero-order chi connectivity index (χ0) is 19.7. The average Bonchev–Trinajstić information content (AvgIpc) is 3.56. The molecule has 6 nitrogen and oxygen atoms in total. The first-order valence-electron chi connectivity index (χ1n) is 10.6. The van der Waals surface area contributed by atoms with Crippen molar-refractivity contribution in [3.63, 3.8) is 0 Å². The van der Waals surface area contributed by atoms with E-state index in [1.54, 1.807) is 0 Å². The van der Waals surface area contributed by atoms with Crippen LogP contribution in [0.15, 0.2) is 0 Å². The van der Waals surface area contributed by atoms with Crippen LogP contribution in [0, 0.1) is 11.8 Å². The Bertz CT molecular complexity index is 786. The molecule has 3 N–H and O–H groups in total. The Morgan fingerprint density at radius 2 is 1.93 bits per heavy atom. The number of fused-ring (bicyclic) bond motifs is 1. The summed E-state index contributed by atoms with van der Waals surface area (Å²) in [6, 6.07) is 0.0584. The first-order chi connectivity index (χ1) is 13.5. The van der Waals surface area contributed by atoms with Crippen LogP contribution in [0.1, 0.15) is 74.1 Å². The molecule has 1 aromatic heterocycles. The molecule has 3 amide bonds. The highest BCUT2D eigenvalue weighted by atomic mass is 32.1. The number of hydrogen-bond donors (Lipinski definition) is 3. The van der Waals surface area contributed by atoms with Crippen molar-refractivity contribution < 1.29 is 15.8 Å². The summed E-state index contributed by atoms with van der Waals surface area (Å²) >= 11 is 1.54. The van der Waals surface area contributed by atoms with Crippen LogP contribution in [-0.4, -0.2) is 30.3 Å². The molecule has 0 aliphatic heterocycles. The highest BCUT2D eigenvalue weighted by Crippen LogP contribution is 2.40. The van der Waals surface area contributed by atoms with Gasteiger partial charge in [-0.2, -0.15) is 0 Å². The fraction of sp³-hybridized carbons (Fsp3) is 0.667. The molecule has 2 fully saturated rings. The predicted molar refractivity (Wildman–Crippen MR) is 112 cm³/mol. The second-order valence-corrected chi connectivity index (χ2v) is 9.49. The lowest BCUT2D eigenvalue weighted by Gasteiger charge is -2.24. The molecule has 1 unspecified atom stereocenters. The van der Waals surface area contributed by atoms with Crippen molar-refractivity contribution in [1.29, 1.82) is 0 Å². The first-order valence-corrected chi connectivity index (χ1v) is 11.4. The molecule has 28 heavy (non-hydrogen) atoms. The third kappa shape index (κ3) is 4.57. The van der Waals surface area contributed by atoms with Crippen molar-refractivity contribution in [2.24, 2.45) is 11.8 Å². The summed E-state index contributed by atoms with van der Waals surface area (Å²) in [6.45, 7) is 2.70. The van der Waals surface area contributed by atoms with Crippen LogP contribution in [-0.2, 0) is 22.4 Å². The molecular weight excluding hydrogens is 374 g/mol. The summed E-state index contributed by atoms with van der Waals surface area (Å²) in [5.41, 5.74) is 1.64. The van der Waals surface area contributed by atoms with Gasteiger partial charge in [-0.15, -0.1) is 11.3 Å². The van der Waals surface area contributed by atoms with Crippen molar-refractivity contribution >= 4 is 34.1 Å². The first kappa shape index (κ1) is 19.4. The lowest BCUT2D eigenvalue weighted by Crippen LogP contribution is -2.39. The zero-order valence-electron chi connectivity index (χ0n) is 16.4. The largest absolute Gasteiger partial charge is 0.353 e. The van der Waals surface area contributed by atoms with E-state index in [1.165, 1.54) is 29.1 Å². The Kier molecular flexibility index (Phi) is 5.71. The molecule has 1 atom stereocenters. The maximum Gasteiger partial charge on any atom is 0.254 e. The second kappa shape index (κ2) is 8.23. The lowest BCUT2D eigenvalue weighted by molar-refractivity contribution is -0.122. The van der Waals surface area contributed by atoms with Gasteiger partial charge < -0.3 is 16.0 Å². The number of aryl methyl sites for hydroxylation is 1. The van der Waals surface area contributed by atoms with E-state index in [2.05, 4.69) is 16.0 Å². The SMILES string of the molecule is CCCC(=O)NC1CCc2sc(NC(=O)C3CC3)c(C(=O)NCC3CC3)c2C1.[HH]. The average molecular weight is 406 g/mol. The van der Waals surface area contributed by atoms with Crippen LogP contribution in [0.25, 0.3) is 0 Å². The molecule has 154 valence electrons. The molecule has 3 aliphatic rings. The van der Waals surface area contributed by atoms with E-state index in [-0.39, 0.29) is 31.1 Å². The fourth-order valence-electron chi connectivity index (χ4n) is 3.77. The Labute approximate surface area is 171 Å². The van der Waals surface area contributed by atoms with Gasteiger partial charge in [-0.1, -0.05) is 6.92 Å². The number of anilines is 1. The number of thiophene rings is 1. The van der Waals surface area contributed by atoms with E-state index >= 15 is 0 Å². The summed E-state index contributed by atoms with van der Waals surface area (Å²) in [6.07, 6.45) is 7.96. The third-order valence-electron chi connectivity index (χ3n) is 5.76. The van der Waals surface area contributed by atoms with Crippen molar-refractivity contribution in [1.82, 2.24) is 10.6 Å².